The van der Waals surface area contributed by atoms with Gasteiger partial charge in [-0.1, -0.05) is 38.1 Å². The van der Waals surface area contributed by atoms with Crippen molar-refractivity contribution >= 4 is 28.2 Å². The van der Waals surface area contributed by atoms with E-state index < -0.39 is 0 Å². The number of urea groups is 1. The first-order valence-electron chi connectivity index (χ1n) is 10.4. The van der Waals surface area contributed by atoms with Crippen molar-refractivity contribution in [1.82, 2.24) is 10.3 Å². The van der Waals surface area contributed by atoms with Crippen molar-refractivity contribution in [2.45, 2.75) is 25.8 Å². The second-order valence-electron chi connectivity index (χ2n) is 8.51. The molecule has 2 amide bonds. The van der Waals surface area contributed by atoms with Gasteiger partial charge in [0.05, 0.1) is 5.69 Å². The van der Waals surface area contributed by atoms with Crippen LogP contribution in [0.4, 0.5) is 16.2 Å². The van der Waals surface area contributed by atoms with Gasteiger partial charge in [-0.3, -0.25) is 4.98 Å². The number of rotatable bonds is 4. The molecule has 3 atom stereocenters. The molecule has 1 aromatic heterocycles. The lowest BCUT2D eigenvalue weighted by Crippen LogP contribution is -2.37. The van der Waals surface area contributed by atoms with Crippen LogP contribution in [-0.2, 0) is 0 Å². The van der Waals surface area contributed by atoms with Crippen molar-refractivity contribution in [1.29, 1.82) is 0 Å². The Balaban J connectivity index is 1.18. The molecule has 1 saturated carbocycles. The van der Waals surface area contributed by atoms with Gasteiger partial charge in [0.2, 0.25) is 0 Å². The molecule has 2 aliphatic rings. The monoisotopic (exact) mass is 386 g/mol. The molecule has 0 bridgehead atoms. The summed E-state index contributed by atoms with van der Waals surface area (Å²) in [5.74, 6) is 1.64. The fourth-order valence-electron chi connectivity index (χ4n) is 4.56. The molecule has 1 saturated heterocycles. The number of piperidine rings is 1. The van der Waals surface area contributed by atoms with Gasteiger partial charge < -0.3 is 15.5 Å². The number of hydrogen-bond donors (Lipinski definition) is 2. The highest BCUT2D eigenvalue weighted by atomic mass is 16.2. The maximum Gasteiger partial charge on any atom is 0.319 e. The predicted molar refractivity (Wildman–Crippen MR) is 117 cm³/mol. The highest BCUT2D eigenvalue weighted by Crippen LogP contribution is 2.46. The van der Waals surface area contributed by atoms with Crippen LogP contribution >= 0.6 is 0 Å². The number of carbonyl (C=O) groups excluding carboxylic acids is 1. The average molecular weight is 386 g/mol. The molecule has 3 aromatic rings. The van der Waals surface area contributed by atoms with Gasteiger partial charge in [0.15, 0.2) is 0 Å². The SMILES string of the molecule is CC(C)c1ccc(N2CC3C(NC(=O)Nc4cccc5cnccc45)[C@H]3C2)cc1. The summed E-state index contributed by atoms with van der Waals surface area (Å²) in [7, 11) is 0. The maximum atomic E-state index is 12.5. The van der Waals surface area contributed by atoms with Crippen molar-refractivity contribution in [3.05, 3.63) is 66.5 Å². The number of fused-ring (bicyclic) bond motifs is 2. The average Bonchev–Trinajstić information content (AvgIpc) is 3.16. The Kier molecular flexibility index (Phi) is 4.38. The van der Waals surface area contributed by atoms with Crippen molar-refractivity contribution < 1.29 is 4.79 Å². The van der Waals surface area contributed by atoms with E-state index in [1.807, 2.05) is 30.5 Å². The molecular formula is C24H26N4O. The maximum absolute atomic E-state index is 12.5. The van der Waals surface area contributed by atoms with E-state index >= 15 is 0 Å². The van der Waals surface area contributed by atoms with E-state index in [0.717, 1.165) is 29.5 Å². The van der Waals surface area contributed by atoms with E-state index in [1.165, 1.54) is 11.3 Å². The second kappa shape index (κ2) is 7.07. The van der Waals surface area contributed by atoms with E-state index in [1.54, 1.807) is 6.20 Å². The summed E-state index contributed by atoms with van der Waals surface area (Å²) < 4.78 is 0. The molecule has 1 aliphatic heterocycles. The Morgan fingerprint density at radius 3 is 2.55 bits per heavy atom. The van der Waals surface area contributed by atoms with Crippen molar-refractivity contribution in [3.8, 4) is 0 Å². The minimum absolute atomic E-state index is 0.124. The van der Waals surface area contributed by atoms with Crippen LogP contribution in [0.5, 0.6) is 0 Å². The third-order valence-electron chi connectivity index (χ3n) is 6.35. The molecule has 1 aliphatic carbocycles. The molecule has 2 N–H and O–H groups in total. The molecule has 5 heteroatoms. The lowest BCUT2D eigenvalue weighted by molar-refractivity contribution is 0.250. The molecule has 0 radical (unpaired) electrons. The normalized spacial score (nSPS) is 22.6. The minimum atomic E-state index is -0.124. The first-order chi connectivity index (χ1) is 14.1. The summed E-state index contributed by atoms with van der Waals surface area (Å²) in [5, 5.41) is 8.21. The third kappa shape index (κ3) is 3.41. The van der Waals surface area contributed by atoms with Gasteiger partial charge in [0, 0.05) is 59.8 Å². The third-order valence-corrected chi connectivity index (χ3v) is 6.35. The summed E-state index contributed by atoms with van der Waals surface area (Å²) in [6, 6.07) is 16.9. The number of nitrogens with one attached hydrogen (secondary N) is 2. The molecule has 0 spiro atoms. The molecule has 2 aromatic carbocycles. The lowest BCUT2D eigenvalue weighted by atomic mass is 10.0. The van der Waals surface area contributed by atoms with Crippen LogP contribution in [0.2, 0.25) is 0 Å². The molecule has 5 rings (SSSR count). The number of nitrogens with zero attached hydrogens (tertiary/aromatic N) is 2. The topological polar surface area (TPSA) is 57.3 Å². The highest BCUT2D eigenvalue weighted by Gasteiger charge is 2.56. The van der Waals surface area contributed by atoms with Gasteiger partial charge in [0.1, 0.15) is 0 Å². The molecule has 29 heavy (non-hydrogen) atoms. The van der Waals surface area contributed by atoms with Gasteiger partial charge in [-0.2, -0.15) is 0 Å². The van der Waals surface area contributed by atoms with Crippen molar-refractivity contribution in [2.24, 2.45) is 11.8 Å². The van der Waals surface area contributed by atoms with Gasteiger partial charge in [-0.25, -0.2) is 4.79 Å². The number of pyridine rings is 1. The summed E-state index contributed by atoms with van der Waals surface area (Å²) in [4.78, 5) is 19.1. The van der Waals surface area contributed by atoms with Gasteiger partial charge >= 0.3 is 6.03 Å². The first-order valence-corrected chi connectivity index (χ1v) is 10.4. The van der Waals surface area contributed by atoms with E-state index in [4.69, 9.17) is 0 Å². The molecule has 2 heterocycles. The zero-order valence-electron chi connectivity index (χ0n) is 16.8. The molecule has 5 nitrogen and oxygen atoms in total. The van der Waals surface area contributed by atoms with Crippen LogP contribution in [0.1, 0.15) is 25.3 Å². The van der Waals surface area contributed by atoms with Crippen LogP contribution in [0, 0.1) is 11.8 Å². The Bertz CT molecular complexity index is 1030. The van der Waals surface area contributed by atoms with E-state index in [9.17, 15) is 4.79 Å². The number of carbonyl (C=O) groups is 1. The standard InChI is InChI=1S/C24H26N4O/c1-15(2)16-6-8-18(9-7-16)28-13-20-21(14-28)23(20)27-24(29)26-22-5-3-4-17-12-25-11-10-19(17)22/h3-12,15,20-21,23H,13-14H2,1-2H3,(H2,26,27,29)/t20-,21?,23?/m0/s1. The lowest BCUT2D eigenvalue weighted by Gasteiger charge is -2.23. The summed E-state index contributed by atoms with van der Waals surface area (Å²) >= 11 is 0. The molecular weight excluding hydrogens is 360 g/mol. The summed E-state index contributed by atoms with van der Waals surface area (Å²) in [6.45, 7) is 6.46. The quantitative estimate of drug-likeness (QED) is 0.688. The Morgan fingerprint density at radius 2 is 1.83 bits per heavy atom. The van der Waals surface area contributed by atoms with Crippen LogP contribution in [0.25, 0.3) is 10.8 Å². The van der Waals surface area contributed by atoms with Crippen molar-refractivity contribution in [2.75, 3.05) is 23.3 Å². The zero-order valence-corrected chi connectivity index (χ0v) is 16.8. The molecule has 148 valence electrons. The number of hydrogen-bond acceptors (Lipinski definition) is 3. The smallest absolute Gasteiger partial charge is 0.319 e. The van der Waals surface area contributed by atoms with Crippen LogP contribution < -0.4 is 15.5 Å². The van der Waals surface area contributed by atoms with E-state index in [0.29, 0.717) is 17.8 Å². The fourth-order valence-corrected chi connectivity index (χ4v) is 4.56. The number of benzene rings is 2. The number of amides is 2. The largest absolute Gasteiger partial charge is 0.371 e. The first kappa shape index (κ1) is 18.0. The van der Waals surface area contributed by atoms with Crippen molar-refractivity contribution in [3.63, 3.8) is 0 Å². The van der Waals surface area contributed by atoms with Crippen LogP contribution in [0.3, 0.4) is 0 Å². The number of anilines is 2. The van der Waals surface area contributed by atoms with E-state index in [-0.39, 0.29) is 12.1 Å². The molecule has 2 unspecified atom stereocenters. The molecule has 2 fully saturated rings. The van der Waals surface area contributed by atoms with E-state index in [2.05, 4.69) is 58.6 Å². The highest BCUT2D eigenvalue weighted by molar-refractivity contribution is 6.01. The Hall–Kier alpha value is -3.08. The second-order valence-corrected chi connectivity index (χ2v) is 8.51. The minimum Gasteiger partial charge on any atom is -0.371 e. The van der Waals surface area contributed by atoms with Gasteiger partial charge in [-0.15, -0.1) is 0 Å². The van der Waals surface area contributed by atoms with Crippen LogP contribution in [-0.4, -0.2) is 30.1 Å². The summed E-state index contributed by atoms with van der Waals surface area (Å²) in [5.41, 5.74) is 3.48. The Labute approximate surface area is 171 Å². The number of aromatic nitrogens is 1. The zero-order chi connectivity index (χ0) is 20.0. The van der Waals surface area contributed by atoms with Crippen LogP contribution in [0.15, 0.2) is 60.9 Å². The van der Waals surface area contributed by atoms with Gasteiger partial charge in [0.25, 0.3) is 0 Å². The van der Waals surface area contributed by atoms with Gasteiger partial charge in [-0.05, 0) is 35.7 Å². The predicted octanol–water partition coefficient (Wildman–Crippen LogP) is 4.61. The Morgan fingerprint density at radius 1 is 1.07 bits per heavy atom. The fraction of sp³-hybridized carbons (Fsp3) is 0.333. The summed E-state index contributed by atoms with van der Waals surface area (Å²) in [6.07, 6.45) is 3.56.